The van der Waals surface area contributed by atoms with Gasteiger partial charge in [0.15, 0.2) is 11.6 Å². The van der Waals surface area contributed by atoms with Crippen LogP contribution in [0.5, 0.6) is 11.8 Å². The molecule has 0 atom stereocenters. The van der Waals surface area contributed by atoms with Gasteiger partial charge in [-0.25, -0.2) is 22.8 Å². The number of rotatable bonds is 15. The van der Waals surface area contributed by atoms with Crippen LogP contribution in [0.1, 0.15) is 43.8 Å². The van der Waals surface area contributed by atoms with E-state index in [4.69, 9.17) is 37.6 Å². The Hall–Kier alpha value is -5.48. The van der Waals surface area contributed by atoms with Gasteiger partial charge in [0, 0.05) is 34.8 Å². The van der Waals surface area contributed by atoms with Gasteiger partial charge in [0.05, 0.1) is 0 Å². The van der Waals surface area contributed by atoms with Crippen molar-refractivity contribution in [3.63, 3.8) is 0 Å². The van der Waals surface area contributed by atoms with Gasteiger partial charge >= 0.3 is 12.1 Å². The molecule has 22 heteroatoms. The smallest absolute Gasteiger partial charge is 0.320 e. The van der Waals surface area contributed by atoms with Crippen molar-refractivity contribution in [2.45, 2.75) is 26.2 Å². The van der Waals surface area contributed by atoms with Crippen molar-refractivity contribution in [2.24, 2.45) is 11.5 Å². The largest absolute Gasteiger partial charge is 0.472 e. The van der Waals surface area contributed by atoms with E-state index in [1.165, 1.54) is 18.2 Å². The molecule has 2 heterocycles. The lowest BCUT2D eigenvalue weighted by atomic mass is 10.2. The van der Waals surface area contributed by atoms with Crippen LogP contribution >= 0.6 is 50.6 Å². The number of nitrogens with two attached hydrogens (primary N) is 2. The number of hydrogen-bond acceptors (Lipinski definition) is 11. The van der Waals surface area contributed by atoms with E-state index in [9.17, 15) is 32.3 Å². The number of primary amides is 2. The van der Waals surface area contributed by atoms with E-state index < -0.39 is 41.3 Å². The zero-order valence-electron chi connectivity index (χ0n) is 28.7. The Bertz CT molecular complexity index is 2180. The second kappa shape index (κ2) is 21.0. The van der Waals surface area contributed by atoms with E-state index in [1.54, 1.807) is 30.3 Å². The lowest BCUT2D eigenvalue weighted by Gasteiger charge is -2.08. The zero-order chi connectivity index (χ0) is 40.8. The minimum absolute atomic E-state index is 0.0104. The average Bonchev–Trinajstić information content (AvgIpc) is 3.75. The van der Waals surface area contributed by atoms with Gasteiger partial charge in [-0.15, -0.1) is 0 Å². The maximum absolute atomic E-state index is 13.9. The minimum atomic E-state index is -1.04. The number of aliphatic hydroxyl groups excluding tert-OH is 1. The Kier molecular flexibility index (Phi) is 16.2. The number of ether oxygens (including phenoxy) is 2. The van der Waals surface area contributed by atoms with Crippen LogP contribution in [0.25, 0.3) is 0 Å². The number of carbonyl (C=O) groups excluding carboxylic acids is 4. The van der Waals surface area contributed by atoms with Gasteiger partial charge in [-0.1, -0.05) is 51.8 Å². The molecule has 0 unspecified atom stereocenters. The summed E-state index contributed by atoms with van der Waals surface area (Å²) < 4.78 is 59.6. The van der Waals surface area contributed by atoms with Crippen molar-refractivity contribution in [3.05, 3.63) is 115 Å². The van der Waals surface area contributed by atoms with Crippen LogP contribution in [0.4, 0.5) is 32.8 Å². The molecule has 0 aliphatic rings. The van der Waals surface area contributed by atoms with Gasteiger partial charge < -0.3 is 36.7 Å². The summed E-state index contributed by atoms with van der Waals surface area (Å²) in [6.07, 6.45) is 0.425. The van der Waals surface area contributed by atoms with Crippen molar-refractivity contribution < 1.29 is 46.9 Å². The molecule has 6 amide bonds. The number of benzene rings is 3. The summed E-state index contributed by atoms with van der Waals surface area (Å²) in [6, 6.07) is 13.3. The number of aliphatic hydroxyl groups is 1. The third-order valence-corrected chi connectivity index (χ3v) is 9.23. The molecule has 15 nitrogen and oxygen atoms in total. The van der Waals surface area contributed by atoms with Crippen molar-refractivity contribution in [1.82, 2.24) is 19.4 Å². The molecule has 0 fully saturated rings. The average molecular weight is 900 g/mol. The van der Waals surface area contributed by atoms with Gasteiger partial charge in [-0.2, -0.15) is 8.75 Å². The second-order valence-corrected chi connectivity index (χ2v) is 14.0. The number of anilines is 2. The van der Waals surface area contributed by atoms with Crippen LogP contribution in [0.3, 0.4) is 0 Å². The highest BCUT2D eigenvalue weighted by atomic mass is 79.9. The zero-order valence-corrected chi connectivity index (χ0v) is 32.6. The van der Waals surface area contributed by atoms with E-state index in [1.807, 2.05) is 0 Å². The maximum atomic E-state index is 13.9. The number of hydrogen-bond donors (Lipinski definition) is 7. The number of nitrogens with one attached hydrogen (secondary N) is 4. The number of urea groups is 2. The summed E-state index contributed by atoms with van der Waals surface area (Å²) in [5, 5.41) is 19.4. The highest BCUT2D eigenvalue weighted by Gasteiger charge is 2.23. The normalized spacial score (nSPS) is 10.5. The number of amides is 6. The summed E-state index contributed by atoms with van der Waals surface area (Å²) >= 11 is 10.6. The first-order valence-corrected chi connectivity index (χ1v) is 18.6. The van der Waals surface area contributed by atoms with Gasteiger partial charge in [0.1, 0.15) is 40.2 Å². The van der Waals surface area contributed by atoms with Crippen molar-refractivity contribution in [2.75, 3.05) is 23.8 Å². The van der Waals surface area contributed by atoms with Crippen molar-refractivity contribution in [1.29, 1.82) is 0 Å². The van der Waals surface area contributed by atoms with E-state index in [2.05, 4.69) is 45.9 Å². The fraction of sp³-hybridized carbons (Fsp3) is 0.176. The highest BCUT2D eigenvalue weighted by Crippen LogP contribution is 2.32. The maximum Gasteiger partial charge on any atom is 0.320 e. The van der Waals surface area contributed by atoms with E-state index in [0.29, 0.717) is 28.0 Å². The second-order valence-electron chi connectivity index (χ2n) is 11.1. The third kappa shape index (κ3) is 12.8. The van der Waals surface area contributed by atoms with Gasteiger partial charge in [0.2, 0.25) is 11.8 Å². The van der Waals surface area contributed by atoms with E-state index in [0.717, 1.165) is 40.8 Å². The first-order chi connectivity index (χ1) is 26.7. The van der Waals surface area contributed by atoms with Gasteiger partial charge in [-0.05, 0) is 77.0 Å². The third-order valence-electron chi connectivity index (χ3n) is 6.99. The summed E-state index contributed by atoms with van der Waals surface area (Å²) in [7, 11) is 0. The molecular weight excluding hydrogens is 869 g/mol. The van der Waals surface area contributed by atoms with Crippen LogP contribution < -0.4 is 42.2 Å². The van der Waals surface area contributed by atoms with Crippen LogP contribution in [-0.4, -0.2) is 50.9 Å². The topological polar surface area (TPSA) is 233 Å². The number of halogens is 5. The van der Waals surface area contributed by atoms with Gasteiger partial charge in [0.25, 0.3) is 11.8 Å². The Balaban J connectivity index is 0.000000255. The molecule has 5 aromatic rings. The minimum Gasteiger partial charge on any atom is -0.472 e. The first kappa shape index (κ1) is 43.3. The highest BCUT2D eigenvalue weighted by molar-refractivity contribution is 9.10. The molecule has 0 aliphatic heterocycles. The Labute approximate surface area is 338 Å². The number of nitrogens with zero attached hydrogens (tertiary/aromatic N) is 2. The van der Waals surface area contributed by atoms with Crippen LogP contribution in [0, 0.1) is 17.5 Å². The van der Waals surface area contributed by atoms with Crippen LogP contribution in [0.15, 0.2) is 65.1 Å². The molecule has 2 aromatic heterocycles. The first-order valence-electron chi connectivity index (χ1n) is 15.9. The molecule has 5 rings (SSSR count). The molecule has 0 saturated heterocycles. The van der Waals surface area contributed by atoms with Crippen LogP contribution in [-0.2, 0) is 19.8 Å². The standard InChI is InChI=1S/C19H14BrF3N4O3S.C15H17ClN4O4S/c20-11-3-2-10(13(22)6-11)8-30-17-15(16(24)28)18(31-27-17)26-19(29)25-7-9-1-4-12(21)14(23)5-9;16-10-4-2-9(3-5-10)8-24-13-11(12(17)22)14(25-20-13)19-15(23)18-6-1-7-21/h1-6H,7-8H2,(H2,24,28)(H2,25,26,29);2-5,21H,1,6-8H2,(H2,17,22)(H2,18,19,23). The van der Waals surface area contributed by atoms with Crippen molar-refractivity contribution >= 4 is 84.5 Å². The monoisotopic (exact) mass is 898 g/mol. The summed E-state index contributed by atoms with van der Waals surface area (Å²) in [4.78, 5) is 47.4. The molecule has 3 aromatic carbocycles. The molecule has 9 N–H and O–H groups in total. The summed E-state index contributed by atoms with van der Waals surface area (Å²) in [5.74, 6) is -4.32. The Morgan fingerprint density at radius 3 is 1.88 bits per heavy atom. The predicted molar refractivity (Wildman–Crippen MR) is 206 cm³/mol. The van der Waals surface area contributed by atoms with E-state index in [-0.39, 0.29) is 64.8 Å². The Morgan fingerprint density at radius 1 is 0.750 bits per heavy atom. The lowest BCUT2D eigenvalue weighted by Crippen LogP contribution is -2.30. The number of carbonyl (C=O) groups is 4. The fourth-order valence-electron chi connectivity index (χ4n) is 4.28. The molecule has 0 aliphatic carbocycles. The molecule has 296 valence electrons. The summed E-state index contributed by atoms with van der Waals surface area (Å²) in [6.45, 7) is 0.122. The lowest BCUT2D eigenvalue weighted by molar-refractivity contribution is 0.0987. The van der Waals surface area contributed by atoms with Crippen LogP contribution in [0.2, 0.25) is 5.02 Å². The SMILES string of the molecule is NC(=O)c1c(OCc2ccc(Br)cc2F)nsc1NC(=O)NCc1ccc(F)c(F)c1.NC(=O)c1c(OCc2ccc(Cl)cc2)nsc1NC(=O)NCCCO. The Morgan fingerprint density at radius 2 is 1.32 bits per heavy atom. The summed E-state index contributed by atoms with van der Waals surface area (Å²) in [5.41, 5.74) is 12.0. The van der Waals surface area contributed by atoms with E-state index >= 15 is 0 Å². The predicted octanol–water partition coefficient (Wildman–Crippen LogP) is 6.30. The fourth-order valence-corrected chi connectivity index (χ4v) is 6.21. The molecular formula is C34H31BrClF3N8O7S2. The quantitative estimate of drug-likeness (QED) is 0.0584. The molecule has 56 heavy (non-hydrogen) atoms. The molecule has 0 bridgehead atoms. The number of aromatic nitrogens is 2. The molecule has 0 spiro atoms. The van der Waals surface area contributed by atoms with Crippen molar-refractivity contribution in [3.8, 4) is 11.8 Å². The van der Waals surface area contributed by atoms with Gasteiger partial charge in [-0.3, -0.25) is 20.2 Å². The molecule has 0 saturated carbocycles. The molecule has 0 radical (unpaired) electrons.